The fourth-order valence-corrected chi connectivity index (χ4v) is 5.33. The number of hydrogen-bond acceptors (Lipinski definition) is 6. The van der Waals surface area contributed by atoms with Crippen LogP contribution in [0.4, 0.5) is 0 Å². The third-order valence-electron chi connectivity index (χ3n) is 4.72. The third-order valence-corrected chi connectivity index (χ3v) is 7.00. The van der Waals surface area contributed by atoms with Crippen LogP contribution >= 0.6 is 0 Å². The van der Waals surface area contributed by atoms with E-state index in [1.807, 2.05) is 13.0 Å². The summed E-state index contributed by atoms with van der Waals surface area (Å²) in [6, 6.07) is 7.92. The summed E-state index contributed by atoms with van der Waals surface area (Å²) >= 11 is 0. The molecule has 170 valence electrons. The van der Waals surface area contributed by atoms with E-state index < -0.39 is 26.5 Å². The van der Waals surface area contributed by atoms with Gasteiger partial charge in [-0.3, -0.25) is 0 Å². The fourth-order valence-electron chi connectivity index (χ4n) is 3.28. The number of carbonyl (C=O) groups is 2. The highest BCUT2D eigenvalue weighted by Gasteiger charge is 2.50. The number of sulfone groups is 1. The molecule has 0 N–H and O–H groups in total. The number of esters is 2. The first kappa shape index (κ1) is 26.4. The third kappa shape index (κ3) is 6.92. The first-order chi connectivity index (χ1) is 14.5. The number of ether oxygens (including phenoxy) is 2. The zero-order valence-corrected chi connectivity index (χ0v) is 19.9. The zero-order chi connectivity index (χ0) is 23.7. The minimum atomic E-state index is -4.09. The van der Waals surface area contributed by atoms with E-state index in [1.54, 1.807) is 39.0 Å². The highest BCUT2D eigenvalue weighted by Crippen LogP contribution is 2.35. The highest BCUT2D eigenvalue weighted by atomic mass is 32.2. The Hall–Kier alpha value is -2.67. The Morgan fingerprint density at radius 1 is 0.968 bits per heavy atom. The maximum absolute atomic E-state index is 13.6. The Morgan fingerprint density at radius 2 is 1.58 bits per heavy atom. The van der Waals surface area contributed by atoms with Crippen LogP contribution in [0.1, 0.15) is 47.0 Å². The predicted octanol–water partition coefficient (Wildman–Crippen LogP) is 4.57. The molecule has 1 aromatic rings. The monoisotopic (exact) mass is 448 g/mol. The molecule has 0 aliphatic heterocycles. The molecule has 0 saturated carbocycles. The van der Waals surface area contributed by atoms with Gasteiger partial charge in [-0.25, -0.2) is 18.0 Å². The second-order valence-electron chi connectivity index (χ2n) is 7.70. The van der Waals surface area contributed by atoms with Crippen molar-refractivity contribution in [3.8, 4) is 0 Å². The van der Waals surface area contributed by atoms with Crippen LogP contribution in [-0.2, 0) is 28.9 Å². The summed E-state index contributed by atoms with van der Waals surface area (Å²) in [5.41, 5.74) is 2.26. The van der Waals surface area contributed by atoms with E-state index in [-0.39, 0.29) is 11.3 Å². The van der Waals surface area contributed by atoms with Crippen molar-refractivity contribution in [2.75, 3.05) is 14.2 Å². The van der Waals surface area contributed by atoms with Crippen molar-refractivity contribution in [3.63, 3.8) is 0 Å². The Morgan fingerprint density at radius 3 is 2.10 bits per heavy atom. The summed E-state index contributed by atoms with van der Waals surface area (Å²) in [7, 11) is -1.58. The number of allylic oxidation sites excluding steroid dienone is 4. The maximum atomic E-state index is 13.6. The molecule has 0 spiro atoms. The average molecular weight is 449 g/mol. The highest BCUT2D eigenvalue weighted by molar-refractivity contribution is 7.93. The summed E-state index contributed by atoms with van der Waals surface area (Å²) < 4.78 is 35.0. The average Bonchev–Trinajstić information content (AvgIpc) is 2.72. The molecule has 1 atom stereocenters. The second-order valence-corrected chi connectivity index (χ2v) is 9.91. The van der Waals surface area contributed by atoms with Crippen LogP contribution in [0.2, 0.25) is 0 Å². The molecule has 31 heavy (non-hydrogen) atoms. The number of rotatable bonds is 10. The van der Waals surface area contributed by atoms with Crippen LogP contribution in [0.5, 0.6) is 0 Å². The summed E-state index contributed by atoms with van der Waals surface area (Å²) in [5, 5.41) is 0. The number of hydrogen-bond donors (Lipinski definition) is 0. The van der Waals surface area contributed by atoms with Gasteiger partial charge in [0.05, 0.1) is 19.1 Å². The molecule has 0 bridgehead atoms. The molecular weight excluding hydrogens is 416 g/mol. The van der Waals surface area contributed by atoms with Gasteiger partial charge in [0.25, 0.3) is 0 Å². The molecule has 6 nitrogen and oxygen atoms in total. The van der Waals surface area contributed by atoms with Crippen LogP contribution in [0.15, 0.2) is 70.2 Å². The standard InChI is InChI=1S/C24H32O6S/c1-18(2)16-24(23(26)30-6,31(27,28)21-13-8-7-9-14-21)17-20(4)12-10-11-19(3)15-22(25)29-5/h7-9,12-16H,10-11,17H2,1-6H3. The van der Waals surface area contributed by atoms with Gasteiger partial charge in [-0.2, -0.15) is 0 Å². The molecule has 0 aliphatic rings. The van der Waals surface area contributed by atoms with E-state index in [0.717, 1.165) is 11.1 Å². The van der Waals surface area contributed by atoms with Crippen LogP contribution < -0.4 is 0 Å². The molecule has 1 unspecified atom stereocenters. The summed E-state index contributed by atoms with van der Waals surface area (Å²) in [6.45, 7) is 7.11. The molecule has 0 radical (unpaired) electrons. The molecule has 1 rings (SSSR count). The smallest absolute Gasteiger partial charge is 0.331 e. The van der Waals surface area contributed by atoms with Gasteiger partial charge < -0.3 is 9.47 Å². The van der Waals surface area contributed by atoms with Crippen LogP contribution in [-0.4, -0.2) is 39.3 Å². The quantitative estimate of drug-likeness (QED) is 0.296. The number of carbonyl (C=O) groups excluding carboxylic acids is 2. The van der Waals surface area contributed by atoms with Crippen LogP contribution in [0.3, 0.4) is 0 Å². The summed E-state index contributed by atoms with van der Waals surface area (Å²) in [5.74, 6) is -1.24. The van der Waals surface area contributed by atoms with Gasteiger partial charge in [0.15, 0.2) is 14.6 Å². The van der Waals surface area contributed by atoms with Gasteiger partial charge in [-0.05, 0) is 52.7 Å². The normalized spacial score (nSPS) is 14.4. The molecule has 0 saturated heterocycles. The van der Waals surface area contributed by atoms with E-state index in [4.69, 9.17) is 4.74 Å². The molecule has 0 aliphatic carbocycles. The van der Waals surface area contributed by atoms with E-state index >= 15 is 0 Å². The summed E-state index contributed by atoms with van der Waals surface area (Å²) in [6.07, 6.45) is 5.92. The number of methoxy groups -OCH3 is 2. The molecule has 0 aromatic heterocycles. The van der Waals surface area contributed by atoms with Gasteiger partial charge >= 0.3 is 11.9 Å². The molecule has 7 heteroatoms. The lowest BCUT2D eigenvalue weighted by Crippen LogP contribution is -2.46. The first-order valence-corrected chi connectivity index (χ1v) is 11.4. The van der Waals surface area contributed by atoms with Crippen molar-refractivity contribution in [1.82, 2.24) is 0 Å². The van der Waals surface area contributed by atoms with Crippen molar-refractivity contribution in [2.45, 2.75) is 56.6 Å². The Labute approximate surface area is 185 Å². The van der Waals surface area contributed by atoms with Crippen molar-refractivity contribution in [3.05, 3.63) is 65.3 Å². The predicted molar refractivity (Wildman–Crippen MR) is 121 cm³/mol. The van der Waals surface area contributed by atoms with Crippen molar-refractivity contribution >= 4 is 21.8 Å². The van der Waals surface area contributed by atoms with E-state index in [0.29, 0.717) is 18.4 Å². The lowest BCUT2D eigenvalue weighted by Gasteiger charge is -2.29. The Kier molecular flexibility index (Phi) is 9.91. The lowest BCUT2D eigenvalue weighted by atomic mass is 9.95. The van der Waals surface area contributed by atoms with E-state index in [9.17, 15) is 18.0 Å². The Bertz CT molecular complexity index is 967. The molecule has 0 heterocycles. The minimum absolute atomic E-state index is 0.0398. The van der Waals surface area contributed by atoms with Crippen molar-refractivity contribution in [1.29, 1.82) is 0 Å². The van der Waals surface area contributed by atoms with Crippen molar-refractivity contribution in [2.24, 2.45) is 0 Å². The van der Waals surface area contributed by atoms with Gasteiger partial charge in [-0.15, -0.1) is 0 Å². The molecule has 0 amide bonds. The van der Waals surface area contributed by atoms with Crippen molar-refractivity contribution < 1.29 is 27.5 Å². The van der Waals surface area contributed by atoms with E-state index in [1.165, 1.54) is 38.5 Å². The van der Waals surface area contributed by atoms with Gasteiger partial charge in [0.1, 0.15) is 0 Å². The Balaban J connectivity index is 3.36. The largest absolute Gasteiger partial charge is 0.468 e. The SMILES string of the molecule is COC(=O)C=C(C)CCC=C(C)CC(C=C(C)C)(C(=O)OC)S(=O)(=O)c1ccccc1. The van der Waals surface area contributed by atoms with Gasteiger partial charge in [-0.1, -0.05) is 47.1 Å². The zero-order valence-electron chi connectivity index (χ0n) is 19.1. The molecule has 0 fully saturated rings. The maximum Gasteiger partial charge on any atom is 0.331 e. The molecular formula is C24H32O6S. The molecule has 1 aromatic carbocycles. The van der Waals surface area contributed by atoms with Crippen LogP contribution in [0, 0.1) is 0 Å². The van der Waals surface area contributed by atoms with E-state index in [2.05, 4.69) is 4.74 Å². The van der Waals surface area contributed by atoms with Gasteiger partial charge in [0.2, 0.25) is 0 Å². The lowest BCUT2D eigenvalue weighted by molar-refractivity contribution is -0.142. The second kappa shape index (κ2) is 11.6. The van der Waals surface area contributed by atoms with Gasteiger partial charge in [0, 0.05) is 12.5 Å². The summed E-state index contributed by atoms with van der Waals surface area (Å²) in [4.78, 5) is 24.3. The number of benzene rings is 1. The minimum Gasteiger partial charge on any atom is -0.468 e. The first-order valence-electron chi connectivity index (χ1n) is 9.95. The van der Waals surface area contributed by atoms with Crippen LogP contribution in [0.25, 0.3) is 0 Å². The topological polar surface area (TPSA) is 86.7 Å². The fraction of sp³-hybridized carbons (Fsp3) is 0.417.